The lowest BCUT2D eigenvalue weighted by Gasteiger charge is -2.09. The van der Waals surface area contributed by atoms with Gasteiger partial charge in [0, 0.05) is 17.7 Å². The fraction of sp³-hybridized carbons (Fsp3) is 0.176. The molecule has 0 aliphatic rings. The molecule has 0 aromatic heterocycles. The Morgan fingerprint density at radius 2 is 1.82 bits per heavy atom. The lowest BCUT2D eigenvalue weighted by Crippen LogP contribution is -2.24. The Hall–Kier alpha value is -3.10. The molecule has 0 aliphatic heterocycles. The van der Waals surface area contributed by atoms with Crippen molar-refractivity contribution >= 4 is 15.7 Å². The Kier molecular flexibility index (Phi) is 6.27. The third-order valence-corrected chi connectivity index (χ3v) is 4.87. The Bertz CT molecular complexity index is 1040. The van der Waals surface area contributed by atoms with Gasteiger partial charge in [0.15, 0.2) is 0 Å². The van der Waals surface area contributed by atoms with Crippen molar-refractivity contribution in [1.29, 1.82) is 0 Å². The maximum atomic E-state index is 12.5. The molecule has 0 fully saturated rings. The van der Waals surface area contributed by atoms with E-state index in [-0.39, 0.29) is 17.9 Å². The predicted octanol–water partition coefficient (Wildman–Crippen LogP) is 2.95. The van der Waals surface area contributed by atoms with Gasteiger partial charge < -0.3 is 4.74 Å². The second-order valence-electron chi connectivity index (χ2n) is 5.29. The van der Waals surface area contributed by atoms with Crippen molar-refractivity contribution in [2.45, 2.75) is 11.1 Å². The van der Waals surface area contributed by atoms with E-state index in [4.69, 9.17) is 4.74 Å². The molecule has 11 heteroatoms. The van der Waals surface area contributed by atoms with Crippen molar-refractivity contribution in [2.24, 2.45) is 0 Å². The second kappa shape index (κ2) is 8.28. The fourth-order valence-electron chi connectivity index (χ4n) is 2.09. The Morgan fingerprint density at radius 3 is 2.36 bits per heavy atom. The highest BCUT2D eigenvalue weighted by molar-refractivity contribution is 7.89. The summed E-state index contributed by atoms with van der Waals surface area (Å²) in [4.78, 5) is 9.66. The molecule has 0 amide bonds. The van der Waals surface area contributed by atoms with Crippen LogP contribution in [-0.4, -0.2) is 27.0 Å². The monoisotopic (exact) mass is 414 g/mol. The van der Waals surface area contributed by atoms with Gasteiger partial charge in [-0.15, -0.1) is 0 Å². The number of alkyl halides is 3. The van der Waals surface area contributed by atoms with E-state index < -0.39 is 37.3 Å². The third kappa shape index (κ3) is 5.21. The van der Waals surface area contributed by atoms with Gasteiger partial charge in [-0.2, -0.15) is 17.9 Å². The van der Waals surface area contributed by atoms with Gasteiger partial charge in [0.2, 0.25) is 10.0 Å². The van der Waals surface area contributed by atoms with E-state index in [2.05, 4.69) is 16.6 Å². The SMILES string of the molecule is COc1ccc([N+](=O)[O-])cc1S(=O)(=O)NCC#Cc1ccc(C(F)(F)F)cc1. The maximum Gasteiger partial charge on any atom is 0.416 e. The molecule has 2 aromatic rings. The fourth-order valence-corrected chi connectivity index (χ4v) is 3.20. The van der Waals surface area contributed by atoms with Crippen LogP contribution in [0.15, 0.2) is 47.4 Å². The van der Waals surface area contributed by atoms with Crippen molar-refractivity contribution < 1.29 is 31.2 Å². The molecule has 0 saturated heterocycles. The minimum absolute atomic E-state index is 0.0891. The van der Waals surface area contributed by atoms with Crippen LogP contribution in [0.5, 0.6) is 5.75 Å². The highest BCUT2D eigenvalue weighted by atomic mass is 32.2. The summed E-state index contributed by atoms with van der Waals surface area (Å²) in [6.45, 7) is -0.366. The zero-order chi connectivity index (χ0) is 20.9. The number of nitro groups is 1. The molecule has 1 N–H and O–H groups in total. The van der Waals surface area contributed by atoms with E-state index in [1.807, 2.05) is 0 Å². The number of hydrogen-bond donors (Lipinski definition) is 1. The maximum absolute atomic E-state index is 12.5. The first kappa shape index (κ1) is 21.2. The molecule has 0 bridgehead atoms. The Morgan fingerprint density at radius 1 is 1.18 bits per heavy atom. The first-order chi connectivity index (χ1) is 13.0. The Labute approximate surface area is 158 Å². The Balaban J connectivity index is 2.14. The first-order valence-corrected chi connectivity index (χ1v) is 9.01. The predicted molar refractivity (Wildman–Crippen MR) is 93.2 cm³/mol. The average Bonchev–Trinajstić information content (AvgIpc) is 2.64. The van der Waals surface area contributed by atoms with Gasteiger partial charge in [0.05, 0.1) is 24.1 Å². The number of rotatable bonds is 5. The minimum atomic E-state index is -4.46. The number of halogens is 3. The van der Waals surface area contributed by atoms with E-state index >= 15 is 0 Å². The molecule has 7 nitrogen and oxygen atoms in total. The van der Waals surface area contributed by atoms with Crippen molar-refractivity contribution in [2.75, 3.05) is 13.7 Å². The number of benzene rings is 2. The molecule has 0 atom stereocenters. The molecule has 0 saturated carbocycles. The lowest BCUT2D eigenvalue weighted by molar-refractivity contribution is -0.385. The largest absolute Gasteiger partial charge is 0.495 e. The number of hydrogen-bond acceptors (Lipinski definition) is 5. The van der Waals surface area contributed by atoms with Gasteiger partial charge in [0.1, 0.15) is 10.6 Å². The van der Waals surface area contributed by atoms with Crippen molar-refractivity contribution in [3.8, 4) is 17.6 Å². The van der Waals surface area contributed by atoms with E-state index in [1.54, 1.807) is 0 Å². The number of ether oxygens (including phenoxy) is 1. The lowest BCUT2D eigenvalue weighted by atomic mass is 10.1. The van der Waals surface area contributed by atoms with Crippen LogP contribution in [0.4, 0.5) is 18.9 Å². The van der Waals surface area contributed by atoms with Gasteiger partial charge >= 0.3 is 6.18 Å². The van der Waals surface area contributed by atoms with Crippen LogP contribution in [0.2, 0.25) is 0 Å². The summed E-state index contributed by atoms with van der Waals surface area (Å²) in [5.74, 6) is 4.90. The average molecular weight is 414 g/mol. The van der Waals surface area contributed by atoms with Gasteiger partial charge in [-0.1, -0.05) is 11.8 Å². The molecular weight excluding hydrogens is 401 g/mol. The highest BCUT2D eigenvalue weighted by Crippen LogP contribution is 2.29. The van der Waals surface area contributed by atoms with Crippen LogP contribution in [0, 0.1) is 22.0 Å². The third-order valence-electron chi connectivity index (χ3n) is 3.44. The second-order valence-corrected chi connectivity index (χ2v) is 7.03. The number of nitrogens with zero attached hydrogens (tertiary/aromatic N) is 1. The summed E-state index contributed by atoms with van der Waals surface area (Å²) < 4.78 is 69.2. The molecule has 0 heterocycles. The molecule has 148 valence electrons. The van der Waals surface area contributed by atoms with Gasteiger partial charge in [-0.3, -0.25) is 10.1 Å². The van der Waals surface area contributed by atoms with Crippen LogP contribution in [-0.2, 0) is 16.2 Å². The van der Waals surface area contributed by atoms with Crippen LogP contribution >= 0.6 is 0 Å². The van der Waals surface area contributed by atoms with Crippen molar-refractivity contribution in [3.63, 3.8) is 0 Å². The zero-order valence-corrected chi connectivity index (χ0v) is 15.1. The van der Waals surface area contributed by atoms with Crippen LogP contribution in [0.25, 0.3) is 0 Å². The van der Waals surface area contributed by atoms with Crippen LogP contribution < -0.4 is 9.46 Å². The van der Waals surface area contributed by atoms with Crippen LogP contribution in [0.3, 0.4) is 0 Å². The molecule has 2 aromatic carbocycles. The molecule has 0 aliphatic carbocycles. The summed E-state index contributed by atoms with van der Waals surface area (Å²) in [7, 11) is -2.96. The van der Waals surface area contributed by atoms with E-state index in [1.165, 1.54) is 7.11 Å². The van der Waals surface area contributed by atoms with E-state index in [0.717, 1.165) is 42.5 Å². The van der Waals surface area contributed by atoms with E-state index in [0.29, 0.717) is 0 Å². The summed E-state index contributed by atoms with van der Waals surface area (Å²) in [6.07, 6.45) is -4.46. The smallest absolute Gasteiger partial charge is 0.416 e. The number of non-ortho nitro benzene ring substituents is 1. The molecule has 2 rings (SSSR count). The minimum Gasteiger partial charge on any atom is -0.495 e. The molecule has 28 heavy (non-hydrogen) atoms. The van der Waals surface area contributed by atoms with Gasteiger partial charge in [0.25, 0.3) is 5.69 Å². The molecule has 0 radical (unpaired) electrons. The number of nitrogens with one attached hydrogen (secondary N) is 1. The van der Waals surface area contributed by atoms with E-state index in [9.17, 15) is 31.7 Å². The molecule has 0 unspecified atom stereocenters. The quantitative estimate of drug-likeness (QED) is 0.461. The van der Waals surface area contributed by atoms with Gasteiger partial charge in [-0.05, 0) is 30.3 Å². The van der Waals surface area contributed by atoms with Crippen molar-refractivity contribution in [3.05, 3.63) is 63.7 Å². The summed E-state index contributed by atoms with van der Waals surface area (Å²) in [5.41, 5.74) is -0.992. The highest BCUT2D eigenvalue weighted by Gasteiger charge is 2.29. The summed E-state index contributed by atoms with van der Waals surface area (Å²) in [5, 5.41) is 10.8. The zero-order valence-electron chi connectivity index (χ0n) is 14.3. The topological polar surface area (TPSA) is 98.5 Å². The molecular formula is C17H13F3N2O5S. The number of sulfonamides is 1. The summed E-state index contributed by atoms with van der Waals surface area (Å²) >= 11 is 0. The normalized spacial score (nSPS) is 11.4. The molecule has 0 spiro atoms. The van der Waals surface area contributed by atoms with Crippen LogP contribution in [0.1, 0.15) is 11.1 Å². The number of methoxy groups -OCH3 is 1. The standard InChI is InChI=1S/C17H13F3N2O5S/c1-27-15-9-8-14(22(23)24)11-16(15)28(25,26)21-10-2-3-12-4-6-13(7-5-12)17(18,19)20/h4-9,11,21H,10H2,1H3. The number of nitro benzene ring substituents is 1. The first-order valence-electron chi connectivity index (χ1n) is 7.53. The van der Waals surface area contributed by atoms with Crippen molar-refractivity contribution in [1.82, 2.24) is 4.72 Å². The van der Waals surface area contributed by atoms with Gasteiger partial charge in [-0.25, -0.2) is 8.42 Å². The summed E-state index contributed by atoms with van der Waals surface area (Å²) in [6, 6.07) is 7.15.